The Morgan fingerprint density at radius 1 is 1.50 bits per heavy atom. The molecule has 114 valence electrons. The maximum atomic E-state index is 12.2. The number of aromatic nitrogens is 3. The van der Waals surface area contributed by atoms with Crippen LogP contribution in [0.4, 0.5) is 0 Å². The lowest BCUT2D eigenvalue weighted by Crippen LogP contribution is -2.47. The van der Waals surface area contributed by atoms with E-state index in [1.54, 1.807) is 18.1 Å². The van der Waals surface area contributed by atoms with Crippen LogP contribution in [0.1, 0.15) is 18.7 Å². The van der Waals surface area contributed by atoms with Crippen LogP contribution in [0, 0.1) is 5.92 Å². The minimum Gasteiger partial charge on any atom is -0.319 e. The molecule has 0 saturated carbocycles. The topological polar surface area (TPSA) is 92.2 Å². The number of piperidine rings is 1. The average Bonchev–Trinajstić information content (AvgIpc) is 2.83. The van der Waals surface area contributed by atoms with E-state index in [0.717, 1.165) is 19.4 Å². The van der Waals surface area contributed by atoms with Crippen LogP contribution in [-0.4, -0.2) is 54.2 Å². The Labute approximate surface area is 119 Å². The molecule has 0 aromatic carbocycles. The van der Waals surface area contributed by atoms with Crippen molar-refractivity contribution < 1.29 is 8.42 Å². The Balaban J connectivity index is 1.92. The van der Waals surface area contributed by atoms with Crippen molar-refractivity contribution in [3.8, 4) is 0 Å². The average molecular weight is 302 g/mol. The maximum Gasteiger partial charge on any atom is 0.279 e. The summed E-state index contributed by atoms with van der Waals surface area (Å²) in [6.07, 6.45) is 3.51. The van der Waals surface area contributed by atoms with Crippen LogP contribution in [0.15, 0.2) is 6.33 Å². The largest absolute Gasteiger partial charge is 0.319 e. The highest BCUT2D eigenvalue weighted by Crippen LogP contribution is 2.17. The third-order valence-corrected chi connectivity index (χ3v) is 4.89. The summed E-state index contributed by atoms with van der Waals surface area (Å²) in [7, 11) is 0.178. The van der Waals surface area contributed by atoms with Gasteiger partial charge in [0.15, 0.2) is 5.82 Å². The summed E-state index contributed by atoms with van der Waals surface area (Å²) in [4.78, 5) is 4.00. The predicted molar refractivity (Wildman–Crippen MR) is 75.0 cm³/mol. The number of nitrogens with one attached hydrogen (secondary N) is 2. The molecule has 1 fully saturated rings. The van der Waals surface area contributed by atoms with Crippen LogP contribution in [0.5, 0.6) is 0 Å². The van der Waals surface area contributed by atoms with Gasteiger partial charge in [0.2, 0.25) is 0 Å². The summed E-state index contributed by atoms with van der Waals surface area (Å²) < 4.78 is 30.1. The summed E-state index contributed by atoms with van der Waals surface area (Å²) in [5.74, 6) is 0.846. The van der Waals surface area contributed by atoms with E-state index < -0.39 is 10.2 Å². The smallest absolute Gasteiger partial charge is 0.279 e. The van der Waals surface area contributed by atoms with E-state index in [-0.39, 0.29) is 6.54 Å². The lowest BCUT2D eigenvalue weighted by molar-refractivity contribution is 0.260. The molecule has 1 aromatic heterocycles. The van der Waals surface area contributed by atoms with Gasteiger partial charge in [-0.3, -0.25) is 4.68 Å². The number of aryl methyl sites for hydroxylation is 1. The van der Waals surface area contributed by atoms with Crippen molar-refractivity contribution in [2.24, 2.45) is 13.0 Å². The van der Waals surface area contributed by atoms with E-state index in [0.29, 0.717) is 24.8 Å². The molecule has 0 radical (unpaired) electrons. The second-order valence-corrected chi connectivity index (χ2v) is 6.84. The fourth-order valence-corrected chi connectivity index (χ4v) is 3.68. The highest BCUT2D eigenvalue weighted by atomic mass is 32.2. The first kappa shape index (κ1) is 15.4. The van der Waals surface area contributed by atoms with Crippen LogP contribution in [-0.2, 0) is 23.8 Å². The minimum atomic E-state index is -3.46. The molecule has 1 aromatic rings. The summed E-state index contributed by atoms with van der Waals surface area (Å²) in [5, 5.41) is 7.16. The van der Waals surface area contributed by atoms with Crippen molar-refractivity contribution in [3.63, 3.8) is 0 Å². The SMILES string of the molecule is CNCC1CCCN(S(=O)(=O)NCc2ncn(C)n2)C1. The summed E-state index contributed by atoms with van der Waals surface area (Å²) in [6, 6.07) is 0. The maximum absolute atomic E-state index is 12.2. The fraction of sp³-hybridized carbons (Fsp3) is 0.818. The Bertz CT molecular complexity index is 527. The fourth-order valence-electron chi connectivity index (χ4n) is 2.41. The van der Waals surface area contributed by atoms with Crippen molar-refractivity contribution in [1.82, 2.24) is 29.1 Å². The molecular formula is C11H22N6O2S. The molecule has 1 unspecified atom stereocenters. The van der Waals surface area contributed by atoms with Crippen LogP contribution < -0.4 is 10.0 Å². The van der Waals surface area contributed by atoms with E-state index in [9.17, 15) is 8.42 Å². The van der Waals surface area contributed by atoms with Crippen LogP contribution in [0.3, 0.4) is 0 Å². The van der Waals surface area contributed by atoms with Gasteiger partial charge in [-0.25, -0.2) is 4.98 Å². The Hall–Kier alpha value is -1.03. The number of nitrogens with zero attached hydrogens (tertiary/aromatic N) is 4. The van der Waals surface area contributed by atoms with Gasteiger partial charge in [0, 0.05) is 20.1 Å². The van der Waals surface area contributed by atoms with E-state index in [4.69, 9.17) is 0 Å². The van der Waals surface area contributed by atoms with Gasteiger partial charge in [-0.05, 0) is 32.4 Å². The third-order valence-electron chi connectivity index (χ3n) is 3.37. The van der Waals surface area contributed by atoms with E-state index in [1.165, 1.54) is 4.31 Å². The van der Waals surface area contributed by atoms with Gasteiger partial charge in [0.1, 0.15) is 6.33 Å². The van der Waals surface area contributed by atoms with Crippen molar-refractivity contribution in [1.29, 1.82) is 0 Å². The van der Waals surface area contributed by atoms with Crippen LogP contribution in [0.2, 0.25) is 0 Å². The monoisotopic (exact) mass is 302 g/mol. The first-order valence-corrected chi connectivity index (χ1v) is 8.19. The highest BCUT2D eigenvalue weighted by Gasteiger charge is 2.28. The summed E-state index contributed by atoms with van der Waals surface area (Å²) in [5.41, 5.74) is 0. The molecule has 0 amide bonds. The van der Waals surface area contributed by atoms with Crippen molar-refractivity contribution in [2.45, 2.75) is 19.4 Å². The van der Waals surface area contributed by atoms with Crippen molar-refractivity contribution >= 4 is 10.2 Å². The minimum absolute atomic E-state index is 0.121. The molecule has 2 rings (SSSR count). The highest BCUT2D eigenvalue weighted by molar-refractivity contribution is 7.87. The van der Waals surface area contributed by atoms with Gasteiger partial charge >= 0.3 is 0 Å². The van der Waals surface area contributed by atoms with Gasteiger partial charge in [0.05, 0.1) is 6.54 Å². The molecule has 20 heavy (non-hydrogen) atoms. The molecule has 2 heterocycles. The lowest BCUT2D eigenvalue weighted by Gasteiger charge is -2.31. The molecule has 1 aliphatic rings. The van der Waals surface area contributed by atoms with Gasteiger partial charge in [-0.1, -0.05) is 0 Å². The zero-order valence-electron chi connectivity index (χ0n) is 11.9. The zero-order chi connectivity index (χ0) is 14.6. The molecule has 0 spiro atoms. The Morgan fingerprint density at radius 3 is 2.95 bits per heavy atom. The van der Waals surface area contributed by atoms with Gasteiger partial charge in [-0.15, -0.1) is 0 Å². The molecule has 0 aliphatic carbocycles. The molecule has 1 atom stereocenters. The van der Waals surface area contributed by atoms with Gasteiger partial charge in [0.25, 0.3) is 10.2 Å². The van der Waals surface area contributed by atoms with Crippen LogP contribution in [0.25, 0.3) is 0 Å². The first-order valence-electron chi connectivity index (χ1n) is 6.75. The number of hydrogen-bond donors (Lipinski definition) is 2. The van der Waals surface area contributed by atoms with Crippen LogP contribution >= 0.6 is 0 Å². The number of rotatable bonds is 6. The normalized spacial score (nSPS) is 21.2. The van der Waals surface area contributed by atoms with E-state index in [2.05, 4.69) is 20.1 Å². The summed E-state index contributed by atoms with van der Waals surface area (Å²) in [6.45, 7) is 2.10. The Morgan fingerprint density at radius 2 is 2.30 bits per heavy atom. The lowest BCUT2D eigenvalue weighted by atomic mass is 10.00. The predicted octanol–water partition coefficient (Wildman–Crippen LogP) is -0.919. The second kappa shape index (κ2) is 6.61. The molecular weight excluding hydrogens is 280 g/mol. The van der Waals surface area contributed by atoms with Crippen molar-refractivity contribution in [3.05, 3.63) is 12.2 Å². The van der Waals surface area contributed by atoms with Crippen molar-refractivity contribution in [2.75, 3.05) is 26.7 Å². The third kappa shape index (κ3) is 3.98. The zero-order valence-corrected chi connectivity index (χ0v) is 12.7. The standard InChI is InChI=1S/C11H22N6O2S/c1-12-6-10-4-3-5-17(8-10)20(18,19)14-7-11-13-9-16(2)15-11/h9-10,12,14H,3-8H2,1-2H3. The molecule has 2 N–H and O–H groups in total. The quantitative estimate of drug-likeness (QED) is 0.709. The molecule has 8 nitrogen and oxygen atoms in total. The summed E-state index contributed by atoms with van der Waals surface area (Å²) >= 11 is 0. The van der Waals surface area contributed by atoms with E-state index >= 15 is 0 Å². The molecule has 1 saturated heterocycles. The van der Waals surface area contributed by atoms with Gasteiger partial charge in [-0.2, -0.15) is 22.5 Å². The number of hydrogen-bond acceptors (Lipinski definition) is 5. The van der Waals surface area contributed by atoms with Gasteiger partial charge < -0.3 is 5.32 Å². The Kier molecular flexibility index (Phi) is 5.08. The first-order chi connectivity index (χ1) is 9.51. The molecule has 1 aliphatic heterocycles. The second-order valence-electron chi connectivity index (χ2n) is 5.08. The molecule has 0 bridgehead atoms. The molecule has 9 heteroatoms. The van der Waals surface area contributed by atoms with E-state index in [1.807, 2.05) is 7.05 Å².